The van der Waals surface area contributed by atoms with Gasteiger partial charge in [-0.05, 0) is 31.9 Å². The molecule has 0 fully saturated rings. The van der Waals surface area contributed by atoms with E-state index in [2.05, 4.69) is 0 Å². The van der Waals surface area contributed by atoms with E-state index in [4.69, 9.17) is 10.5 Å². The average molecular weight is 271 g/mol. The fourth-order valence-corrected chi connectivity index (χ4v) is 2.85. The van der Waals surface area contributed by atoms with Gasteiger partial charge in [-0.2, -0.15) is 0 Å². The normalized spacial score (nSPS) is 11.6. The second-order valence-electron chi connectivity index (χ2n) is 4.52. The van der Waals surface area contributed by atoms with E-state index in [1.165, 1.54) is 5.56 Å². The molecule has 2 N–H and O–H groups in total. The Morgan fingerprint density at radius 3 is 2.17 bits per heavy atom. The molecule has 0 aliphatic rings. The SMILES string of the molecule is Cc1cc(C)c(OCCS(=O)(=O)CCN)c(C)c1. The zero-order chi connectivity index (χ0) is 13.8. The standard InChI is InChI=1S/C13H21NO3S/c1-10-8-11(2)13(12(3)9-10)17-5-7-18(15,16)6-4-14/h8-9H,4-7,14H2,1-3H3. The third kappa shape index (κ3) is 4.31. The molecule has 0 saturated carbocycles. The molecule has 0 aliphatic heterocycles. The van der Waals surface area contributed by atoms with E-state index in [9.17, 15) is 8.42 Å². The highest BCUT2D eigenvalue weighted by Gasteiger charge is 2.11. The molecule has 0 atom stereocenters. The molecule has 0 unspecified atom stereocenters. The molecule has 18 heavy (non-hydrogen) atoms. The van der Waals surface area contributed by atoms with Gasteiger partial charge in [-0.15, -0.1) is 0 Å². The third-order valence-electron chi connectivity index (χ3n) is 2.67. The predicted molar refractivity (Wildman–Crippen MR) is 73.9 cm³/mol. The van der Waals surface area contributed by atoms with E-state index < -0.39 is 9.84 Å². The number of aryl methyl sites for hydroxylation is 3. The fourth-order valence-electron chi connectivity index (χ4n) is 1.95. The second kappa shape index (κ2) is 6.20. The van der Waals surface area contributed by atoms with Gasteiger partial charge in [-0.1, -0.05) is 17.7 Å². The van der Waals surface area contributed by atoms with E-state index in [-0.39, 0.29) is 24.7 Å². The van der Waals surface area contributed by atoms with Gasteiger partial charge in [0.25, 0.3) is 0 Å². The Labute approximate surface area is 109 Å². The minimum absolute atomic E-state index is 0.0109. The number of benzene rings is 1. The molecule has 0 spiro atoms. The van der Waals surface area contributed by atoms with Gasteiger partial charge in [-0.25, -0.2) is 8.42 Å². The van der Waals surface area contributed by atoms with Crippen LogP contribution in [0.5, 0.6) is 5.75 Å². The molecule has 0 aromatic heterocycles. The van der Waals surface area contributed by atoms with Crippen LogP contribution in [0.1, 0.15) is 16.7 Å². The zero-order valence-corrected chi connectivity index (χ0v) is 12.0. The van der Waals surface area contributed by atoms with Crippen molar-refractivity contribution in [1.29, 1.82) is 0 Å². The van der Waals surface area contributed by atoms with Crippen LogP contribution in [0.15, 0.2) is 12.1 Å². The molecule has 1 aromatic rings. The van der Waals surface area contributed by atoms with Crippen molar-refractivity contribution in [3.8, 4) is 5.75 Å². The lowest BCUT2D eigenvalue weighted by Crippen LogP contribution is -2.22. The van der Waals surface area contributed by atoms with Crippen LogP contribution in [0.2, 0.25) is 0 Å². The molecule has 5 heteroatoms. The summed E-state index contributed by atoms with van der Waals surface area (Å²) >= 11 is 0. The summed E-state index contributed by atoms with van der Waals surface area (Å²) in [5.41, 5.74) is 8.48. The Bertz CT molecular complexity index is 486. The maximum absolute atomic E-state index is 11.5. The molecule has 4 nitrogen and oxygen atoms in total. The molecule has 0 saturated heterocycles. The summed E-state index contributed by atoms with van der Waals surface area (Å²) < 4.78 is 28.6. The number of ether oxygens (including phenoxy) is 1. The number of nitrogens with two attached hydrogens (primary N) is 1. The van der Waals surface area contributed by atoms with Gasteiger partial charge in [0.2, 0.25) is 0 Å². The van der Waals surface area contributed by atoms with Crippen molar-refractivity contribution in [3.63, 3.8) is 0 Å². The molecular formula is C13H21NO3S. The molecule has 0 amide bonds. The largest absolute Gasteiger partial charge is 0.492 e. The number of sulfone groups is 1. The molecule has 1 aromatic carbocycles. The molecular weight excluding hydrogens is 250 g/mol. The van der Waals surface area contributed by atoms with Crippen molar-refractivity contribution in [3.05, 3.63) is 28.8 Å². The molecule has 0 heterocycles. The minimum Gasteiger partial charge on any atom is -0.492 e. The smallest absolute Gasteiger partial charge is 0.154 e. The predicted octanol–water partition coefficient (Wildman–Crippen LogP) is 1.36. The van der Waals surface area contributed by atoms with Crippen LogP contribution in [0.25, 0.3) is 0 Å². The first kappa shape index (κ1) is 15.0. The summed E-state index contributed by atoms with van der Waals surface area (Å²) in [6.07, 6.45) is 0. The van der Waals surface area contributed by atoms with Crippen molar-refractivity contribution >= 4 is 9.84 Å². The topological polar surface area (TPSA) is 69.4 Å². The maximum atomic E-state index is 11.5. The lowest BCUT2D eigenvalue weighted by molar-refractivity contribution is 0.336. The van der Waals surface area contributed by atoms with Gasteiger partial charge < -0.3 is 10.5 Å². The Kier molecular flexibility index (Phi) is 5.16. The molecule has 102 valence electrons. The summed E-state index contributed by atoms with van der Waals surface area (Å²) in [5, 5.41) is 0. The zero-order valence-electron chi connectivity index (χ0n) is 11.2. The van der Waals surface area contributed by atoms with Crippen molar-refractivity contribution in [2.24, 2.45) is 5.73 Å². The molecule has 0 bridgehead atoms. The third-order valence-corrected chi connectivity index (χ3v) is 4.32. The van der Waals surface area contributed by atoms with Crippen molar-refractivity contribution < 1.29 is 13.2 Å². The van der Waals surface area contributed by atoms with Crippen molar-refractivity contribution in [2.75, 3.05) is 24.7 Å². The minimum atomic E-state index is -3.09. The highest BCUT2D eigenvalue weighted by atomic mass is 32.2. The van der Waals surface area contributed by atoms with Crippen LogP contribution in [-0.2, 0) is 9.84 Å². The lowest BCUT2D eigenvalue weighted by atomic mass is 10.1. The van der Waals surface area contributed by atoms with E-state index >= 15 is 0 Å². The van der Waals surface area contributed by atoms with Crippen LogP contribution in [0.3, 0.4) is 0 Å². The first-order valence-corrected chi connectivity index (χ1v) is 7.79. The summed E-state index contributed by atoms with van der Waals surface area (Å²) in [4.78, 5) is 0. The average Bonchev–Trinajstić information content (AvgIpc) is 2.21. The molecule has 0 radical (unpaired) electrons. The first-order valence-electron chi connectivity index (χ1n) is 5.97. The van der Waals surface area contributed by atoms with E-state index in [0.29, 0.717) is 0 Å². The van der Waals surface area contributed by atoms with E-state index in [0.717, 1.165) is 16.9 Å². The van der Waals surface area contributed by atoms with Crippen LogP contribution in [0.4, 0.5) is 0 Å². The van der Waals surface area contributed by atoms with Crippen molar-refractivity contribution in [1.82, 2.24) is 0 Å². The monoisotopic (exact) mass is 271 g/mol. The lowest BCUT2D eigenvalue weighted by Gasteiger charge is -2.13. The summed E-state index contributed by atoms with van der Waals surface area (Å²) in [6, 6.07) is 4.05. The van der Waals surface area contributed by atoms with Gasteiger partial charge in [0.1, 0.15) is 12.4 Å². The Morgan fingerprint density at radius 2 is 1.67 bits per heavy atom. The number of hydrogen-bond acceptors (Lipinski definition) is 4. The van der Waals surface area contributed by atoms with Crippen LogP contribution >= 0.6 is 0 Å². The number of hydrogen-bond donors (Lipinski definition) is 1. The molecule has 0 aliphatic carbocycles. The van der Waals surface area contributed by atoms with Gasteiger partial charge in [0, 0.05) is 6.54 Å². The Morgan fingerprint density at radius 1 is 1.11 bits per heavy atom. The number of rotatable bonds is 6. The molecule has 1 rings (SSSR count). The van der Waals surface area contributed by atoms with Gasteiger partial charge in [0.05, 0.1) is 11.5 Å². The van der Waals surface area contributed by atoms with Gasteiger partial charge >= 0.3 is 0 Å². The van der Waals surface area contributed by atoms with E-state index in [1.54, 1.807) is 0 Å². The van der Waals surface area contributed by atoms with Gasteiger partial charge in [0.15, 0.2) is 9.84 Å². The summed E-state index contributed by atoms with van der Waals surface area (Å²) in [6.45, 7) is 6.28. The summed E-state index contributed by atoms with van der Waals surface area (Å²) in [5.74, 6) is 0.808. The Balaban J connectivity index is 2.65. The quantitative estimate of drug-likeness (QED) is 0.848. The summed E-state index contributed by atoms with van der Waals surface area (Å²) in [7, 11) is -3.09. The second-order valence-corrected chi connectivity index (χ2v) is 6.82. The van der Waals surface area contributed by atoms with Crippen molar-refractivity contribution in [2.45, 2.75) is 20.8 Å². The maximum Gasteiger partial charge on any atom is 0.154 e. The van der Waals surface area contributed by atoms with Crippen LogP contribution in [0, 0.1) is 20.8 Å². The highest BCUT2D eigenvalue weighted by molar-refractivity contribution is 7.91. The van der Waals surface area contributed by atoms with Crippen LogP contribution in [-0.4, -0.2) is 33.1 Å². The van der Waals surface area contributed by atoms with Gasteiger partial charge in [-0.3, -0.25) is 0 Å². The van der Waals surface area contributed by atoms with E-state index in [1.807, 2.05) is 32.9 Å². The fraction of sp³-hybridized carbons (Fsp3) is 0.538. The van der Waals surface area contributed by atoms with Crippen LogP contribution < -0.4 is 10.5 Å². The highest BCUT2D eigenvalue weighted by Crippen LogP contribution is 2.24. The Hall–Kier alpha value is -1.07. The first-order chi connectivity index (χ1) is 8.35.